The van der Waals surface area contributed by atoms with E-state index < -0.39 is 42.1 Å². The second-order valence-electron chi connectivity index (χ2n) is 7.03. The number of thioether (sulfide) groups is 1. The lowest BCUT2D eigenvalue weighted by Crippen LogP contribution is -2.67. The summed E-state index contributed by atoms with van der Waals surface area (Å²) in [4.78, 5) is 51.5. The van der Waals surface area contributed by atoms with E-state index >= 15 is 0 Å². The number of nitrogens with zero attached hydrogens (tertiary/aromatic N) is 2. The van der Waals surface area contributed by atoms with Crippen LogP contribution in [-0.4, -0.2) is 84.9 Å². The van der Waals surface area contributed by atoms with Crippen LogP contribution in [0.1, 0.15) is 12.6 Å². The van der Waals surface area contributed by atoms with Crippen LogP contribution in [-0.2, 0) is 25.6 Å². The van der Waals surface area contributed by atoms with E-state index in [4.69, 9.17) is 9.90 Å². The Kier molecular flexibility index (Phi) is 8.30. The molecule has 18 heteroatoms. The number of alkyl halides is 6. The number of rotatable bonds is 6. The second kappa shape index (κ2) is 10.4. The fourth-order valence-corrected chi connectivity index (χ4v) is 4.19. The number of hydrogen-bond acceptors (Lipinski definition) is 7. The average Bonchev–Trinajstić information content (AvgIpc) is 3.18. The van der Waals surface area contributed by atoms with Gasteiger partial charge in [0.15, 0.2) is 0 Å². The number of nitrogens with one attached hydrogen (secondary N) is 3. The molecule has 2 aliphatic rings. The molecule has 1 aromatic heterocycles. The minimum absolute atomic E-state index is 0.00709. The van der Waals surface area contributed by atoms with Gasteiger partial charge in [-0.3, -0.25) is 14.5 Å². The lowest BCUT2D eigenvalue weighted by Gasteiger charge is -2.49. The Morgan fingerprint density at radius 3 is 2.31 bits per heavy atom. The molecule has 0 aliphatic carbocycles. The number of halogens is 6. The van der Waals surface area contributed by atoms with Crippen LogP contribution in [0.2, 0.25) is 0 Å². The van der Waals surface area contributed by atoms with Crippen LogP contribution in [0.5, 0.6) is 0 Å². The highest BCUT2D eigenvalue weighted by molar-refractivity contribution is 8.00. The number of carboxylic acids is 2. The largest absolute Gasteiger partial charge is 0.490 e. The van der Waals surface area contributed by atoms with Crippen molar-refractivity contribution < 1.29 is 55.7 Å². The number of aromatic nitrogens is 2. The Morgan fingerprint density at radius 1 is 1.20 bits per heavy atom. The summed E-state index contributed by atoms with van der Waals surface area (Å²) in [6.45, 7) is 1.43. The SMILES string of the molecule is CC1=C(C(=O)O)N2C(=O)C(Nc3ncc(CCNC(=O)C(F)(F)F)[nH]3)[C@@H]2SC1.O=C(O)C(F)(F)F. The van der Waals surface area contributed by atoms with Gasteiger partial charge in [0.2, 0.25) is 5.95 Å². The zero-order valence-corrected chi connectivity index (χ0v) is 18.3. The lowest BCUT2D eigenvalue weighted by atomic mass is 10.0. The molecule has 0 saturated carbocycles. The molecule has 3 rings (SSSR count). The highest BCUT2D eigenvalue weighted by atomic mass is 32.2. The fraction of sp³-hybridized carbons (Fsp3) is 0.471. The number of hydrogen-bond donors (Lipinski definition) is 5. The summed E-state index contributed by atoms with van der Waals surface area (Å²) in [5.74, 6) is -5.61. The number of aliphatic carboxylic acids is 2. The van der Waals surface area contributed by atoms with E-state index in [0.717, 1.165) is 0 Å². The molecule has 0 bridgehead atoms. The number of amides is 2. The van der Waals surface area contributed by atoms with E-state index in [1.807, 2.05) is 0 Å². The maximum atomic E-state index is 12.4. The molecule has 1 unspecified atom stereocenters. The fourth-order valence-electron chi connectivity index (χ4n) is 2.89. The molecule has 0 aromatic carbocycles. The van der Waals surface area contributed by atoms with Gasteiger partial charge < -0.3 is 25.8 Å². The van der Waals surface area contributed by atoms with Crippen molar-refractivity contribution in [3.63, 3.8) is 0 Å². The first-order valence-corrected chi connectivity index (χ1v) is 10.4. The van der Waals surface area contributed by atoms with Gasteiger partial charge in [0, 0.05) is 24.4 Å². The van der Waals surface area contributed by atoms with Gasteiger partial charge >= 0.3 is 30.2 Å². The number of fused-ring (bicyclic) bond motifs is 1. The minimum atomic E-state index is -5.08. The summed E-state index contributed by atoms with van der Waals surface area (Å²) < 4.78 is 68.1. The standard InChI is InChI=1S/C15H16F3N5O4S.C2HF3O2/c1-6-5-28-11-8(10(24)23(11)9(6)12(25)26)22-14-20-4-7(21-14)2-3-19-13(27)15(16,17)18;3-2(4,5)1(6)7/h4,8,11H,2-3,5H2,1H3,(H,19,27)(H,25,26)(H2,20,21,22);(H,6,7)/t8?,11-;/m0./s1. The molecule has 3 heterocycles. The molecule has 2 atom stereocenters. The van der Waals surface area contributed by atoms with E-state index in [1.165, 1.54) is 22.9 Å². The summed E-state index contributed by atoms with van der Waals surface area (Å²) >= 11 is 1.43. The third-order valence-corrected chi connectivity index (χ3v) is 5.89. The zero-order chi connectivity index (χ0) is 26.7. The minimum Gasteiger partial charge on any atom is -0.477 e. The molecule has 35 heavy (non-hydrogen) atoms. The molecule has 1 aromatic rings. The van der Waals surface area contributed by atoms with Gasteiger partial charge in [-0.2, -0.15) is 26.3 Å². The predicted octanol–water partition coefficient (Wildman–Crippen LogP) is 1.32. The first kappa shape index (κ1) is 27.8. The van der Waals surface area contributed by atoms with Crippen LogP contribution in [0, 0.1) is 0 Å². The highest BCUT2D eigenvalue weighted by Gasteiger charge is 2.53. The number of aromatic amines is 1. The van der Waals surface area contributed by atoms with Crippen molar-refractivity contribution in [3.8, 4) is 0 Å². The number of carboxylic acid groups (broad SMARTS) is 2. The number of carbonyl (C=O) groups is 4. The molecule has 194 valence electrons. The van der Waals surface area contributed by atoms with E-state index in [0.29, 0.717) is 17.0 Å². The normalized spacial score (nSPS) is 19.7. The van der Waals surface area contributed by atoms with Gasteiger partial charge in [-0.15, -0.1) is 11.8 Å². The molecule has 0 radical (unpaired) electrons. The van der Waals surface area contributed by atoms with Crippen molar-refractivity contribution in [3.05, 3.63) is 23.2 Å². The highest BCUT2D eigenvalue weighted by Crippen LogP contribution is 2.41. The molecule has 5 N–H and O–H groups in total. The predicted molar refractivity (Wildman–Crippen MR) is 106 cm³/mol. The smallest absolute Gasteiger partial charge is 0.477 e. The lowest BCUT2D eigenvalue weighted by molar-refractivity contribution is -0.192. The topological polar surface area (TPSA) is 165 Å². The van der Waals surface area contributed by atoms with Crippen molar-refractivity contribution in [2.75, 3.05) is 17.6 Å². The van der Waals surface area contributed by atoms with Crippen molar-refractivity contribution in [1.82, 2.24) is 20.2 Å². The average molecular weight is 533 g/mol. The molecule has 2 amide bonds. The quantitative estimate of drug-likeness (QED) is 0.268. The Bertz CT molecular complexity index is 1040. The maximum absolute atomic E-state index is 12.4. The summed E-state index contributed by atoms with van der Waals surface area (Å²) in [7, 11) is 0. The first-order valence-electron chi connectivity index (χ1n) is 9.37. The number of imidazole rings is 1. The number of anilines is 1. The Hall–Kier alpha value is -3.44. The van der Waals surface area contributed by atoms with Crippen LogP contribution >= 0.6 is 11.8 Å². The molecule has 1 fully saturated rings. The van der Waals surface area contributed by atoms with Crippen LogP contribution in [0.4, 0.5) is 32.3 Å². The van der Waals surface area contributed by atoms with Gasteiger partial charge in [-0.05, 0) is 12.5 Å². The Morgan fingerprint density at radius 2 is 1.80 bits per heavy atom. The van der Waals surface area contributed by atoms with E-state index in [1.54, 1.807) is 12.2 Å². The van der Waals surface area contributed by atoms with Gasteiger partial charge in [-0.1, -0.05) is 0 Å². The second-order valence-corrected chi connectivity index (χ2v) is 8.13. The van der Waals surface area contributed by atoms with Gasteiger partial charge in [0.1, 0.15) is 17.1 Å². The summed E-state index contributed by atoms with van der Waals surface area (Å²) in [6, 6.07) is -0.670. The Balaban J connectivity index is 0.000000540. The molecular formula is C17H17F6N5O6S. The van der Waals surface area contributed by atoms with Crippen LogP contribution < -0.4 is 10.6 Å². The van der Waals surface area contributed by atoms with Crippen molar-refractivity contribution >= 4 is 41.5 Å². The summed E-state index contributed by atoms with van der Waals surface area (Å²) in [6.07, 6.45) is -8.55. The number of β-lactam (4-membered cyclic amide) rings is 1. The van der Waals surface area contributed by atoms with Gasteiger partial charge in [0.25, 0.3) is 5.91 Å². The van der Waals surface area contributed by atoms with Crippen molar-refractivity contribution in [2.24, 2.45) is 0 Å². The van der Waals surface area contributed by atoms with Crippen molar-refractivity contribution in [2.45, 2.75) is 37.1 Å². The summed E-state index contributed by atoms with van der Waals surface area (Å²) in [5.41, 5.74) is 1.07. The number of carbonyl (C=O) groups excluding carboxylic acids is 2. The zero-order valence-electron chi connectivity index (χ0n) is 17.5. The van der Waals surface area contributed by atoms with E-state index in [9.17, 15) is 45.8 Å². The number of H-pyrrole nitrogens is 1. The van der Waals surface area contributed by atoms with Gasteiger partial charge in [-0.25, -0.2) is 14.6 Å². The monoisotopic (exact) mass is 533 g/mol. The third-order valence-electron chi connectivity index (χ3n) is 4.46. The molecule has 11 nitrogen and oxygen atoms in total. The van der Waals surface area contributed by atoms with Crippen LogP contribution in [0.25, 0.3) is 0 Å². The molecule has 0 spiro atoms. The van der Waals surface area contributed by atoms with Crippen LogP contribution in [0.15, 0.2) is 17.5 Å². The molecule has 1 saturated heterocycles. The maximum Gasteiger partial charge on any atom is 0.490 e. The van der Waals surface area contributed by atoms with Gasteiger partial charge in [0.05, 0.1) is 6.20 Å². The Labute approximate surface area is 195 Å². The van der Waals surface area contributed by atoms with Crippen molar-refractivity contribution in [1.29, 1.82) is 0 Å². The van der Waals surface area contributed by atoms with E-state index in [2.05, 4.69) is 15.3 Å². The first-order chi connectivity index (χ1) is 16.0. The van der Waals surface area contributed by atoms with E-state index in [-0.39, 0.29) is 30.0 Å². The molecular weight excluding hydrogens is 516 g/mol. The molecule has 2 aliphatic heterocycles. The van der Waals surface area contributed by atoms with Crippen LogP contribution in [0.3, 0.4) is 0 Å². The third kappa shape index (κ3) is 6.80. The summed E-state index contributed by atoms with van der Waals surface area (Å²) in [5, 5.41) is 20.7.